The first-order valence-corrected chi connectivity index (χ1v) is 6.44. The van der Waals surface area contributed by atoms with Gasteiger partial charge in [0.25, 0.3) is 0 Å². The maximum atomic E-state index is 12.4. The zero-order valence-electron chi connectivity index (χ0n) is 11.3. The quantitative estimate of drug-likeness (QED) is 0.746. The van der Waals surface area contributed by atoms with Crippen LogP contribution >= 0.6 is 0 Å². The van der Waals surface area contributed by atoms with Crippen molar-refractivity contribution in [1.82, 2.24) is 10.2 Å². The highest BCUT2D eigenvalue weighted by molar-refractivity contribution is 5.92. The van der Waals surface area contributed by atoms with Gasteiger partial charge in [-0.3, -0.25) is 9.89 Å². The zero-order valence-corrected chi connectivity index (χ0v) is 11.3. The minimum Gasteiger partial charge on any atom is -0.464 e. The van der Waals surface area contributed by atoms with E-state index < -0.39 is 11.4 Å². The summed E-state index contributed by atoms with van der Waals surface area (Å²) < 4.78 is 10.1. The SMILES string of the molecule is CCOC(=O)c1n[nH]c2ccc(-c3ccco3)cc2c1=O. The van der Waals surface area contributed by atoms with Crippen molar-refractivity contribution in [2.24, 2.45) is 0 Å². The number of carbonyl (C=O) groups is 1. The molecular weight excluding hydrogens is 272 g/mol. The summed E-state index contributed by atoms with van der Waals surface area (Å²) in [6.45, 7) is 1.85. The van der Waals surface area contributed by atoms with Gasteiger partial charge in [0.05, 0.1) is 23.8 Å². The summed E-state index contributed by atoms with van der Waals surface area (Å²) in [6, 6.07) is 8.75. The van der Waals surface area contributed by atoms with Gasteiger partial charge < -0.3 is 9.15 Å². The number of aromatic nitrogens is 2. The van der Waals surface area contributed by atoms with Crippen LogP contribution < -0.4 is 5.43 Å². The van der Waals surface area contributed by atoms with E-state index in [1.54, 1.807) is 37.5 Å². The fourth-order valence-corrected chi connectivity index (χ4v) is 2.06. The first kappa shape index (κ1) is 13.1. The molecule has 0 fully saturated rings. The predicted molar refractivity (Wildman–Crippen MR) is 76.0 cm³/mol. The van der Waals surface area contributed by atoms with Crippen LogP contribution in [0.25, 0.3) is 22.2 Å². The number of fused-ring (bicyclic) bond motifs is 1. The largest absolute Gasteiger partial charge is 0.464 e. The van der Waals surface area contributed by atoms with Crippen molar-refractivity contribution >= 4 is 16.9 Å². The molecule has 2 aromatic heterocycles. The van der Waals surface area contributed by atoms with E-state index in [1.807, 2.05) is 6.07 Å². The highest BCUT2D eigenvalue weighted by Gasteiger charge is 2.16. The molecule has 3 rings (SSSR count). The Kier molecular flexibility index (Phi) is 3.27. The smallest absolute Gasteiger partial charge is 0.362 e. The Morgan fingerprint density at radius 3 is 2.95 bits per heavy atom. The predicted octanol–water partition coefficient (Wildman–Crippen LogP) is 2.36. The van der Waals surface area contributed by atoms with E-state index in [9.17, 15) is 9.59 Å². The molecule has 0 aliphatic heterocycles. The van der Waals surface area contributed by atoms with Crippen molar-refractivity contribution in [2.45, 2.75) is 6.92 Å². The normalized spacial score (nSPS) is 10.7. The maximum absolute atomic E-state index is 12.4. The van der Waals surface area contributed by atoms with Crippen LogP contribution in [0.3, 0.4) is 0 Å². The van der Waals surface area contributed by atoms with E-state index >= 15 is 0 Å². The number of hydrogen-bond acceptors (Lipinski definition) is 5. The molecule has 1 aromatic carbocycles. The van der Waals surface area contributed by atoms with Crippen LogP contribution in [-0.4, -0.2) is 22.8 Å². The van der Waals surface area contributed by atoms with Crippen molar-refractivity contribution < 1.29 is 13.9 Å². The number of nitrogens with one attached hydrogen (secondary N) is 1. The lowest BCUT2D eigenvalue weighted by molar-refractivity contribution is 0.0517. The summed E-state index contributed by atoms with van der Waals surface area (Å²) >= 11 is 0. The van der Waals surface area contributed by atoms with Crippen LogP contribution in [0.2, 0.25) is 0 Å². The van der Waals surface area contributed by atoms with Gasteiger partial charge in [0.15, 0.2) is 0 Å². The zero-order chi connectivity index (χ0) is 14.8. The average Bonchev–Trinajstić information content (AvgIpc) is 3.02. The van der Waals surface area contributed by atoms with Crippen molar-refractivity contribution in [3.05, 3.63) is 52.5 Å². The van der Waals surface area contributed by atoms with Gasteiger partial charge in [-0.25, -0.2) is 4.79 Å². The molecule has 2 heterocycles. The van der Waals surface area contributed by atoms with Gasteiger partial charge in [0, 0.05) is 5.56 Å². The first-order chi connectivity index (χ1) is 10.2. The molecule has 0 saturated heterocycles. The number of carbonyl (C=O) groups excluding carboxylic acids is 1. The number of ether oxygens (including phenoxy) is 1. The van der Waals surface area contributed by atoms with Gasteiger partial charge in [0.1, 0.15) is 5.76 Å². The minimum atomic E-state index is -0.732. The number of benzene rings is 1. The van der Waals surface area contributed by atoms with Crippen LogP contribution in [0.4, 0.5) is 0 Å². The molecule has 106 valence electrons. The fraction of sp³-hybridized carbons (Fsp3) is 0.133. The number of furan rings is 1. The van der Waals surface area contributed by atoms with Gasteiger partial charge in [-0.05, 0) is 37.3 Å². The summed E-state index contributed by atoms with van der Waals surface area (Å²) in [5.41, 5.74) is 0.582. The van der Waals surface area contributed by atoms with Crippen LogP contribution in [0, 0.1) is 0 Å². The Labute approximate surface area is 119 Å². The molecule has 0 amide bonds. The van der Waals surface area contributed by atoms with E-state index in [4.69, 9.17) is 9.15 Å². The molecule has 0 spiro atoms. The first-order valence-electron chi connectivity index (χ1n) is 6.44. The Morgan fingerprint density at radius 1 is 1.38 bits per heavy atom. The van der Waals surface area contributed by atoms with Gasteiger partial charge in [-0.1, -0.05) is 0 Å². The van der Waals surface area contributed by atoms with E-state index in [-0.39, 0.29) is 12.3 Å². The van der Waals surface area contributed by atoms with E-state index in [0.29, 0.717) is 16.7 Å². The molecule has 0 radical (unpaired) electrons. The third-order valence-electron chi connectivity index (χ3n) is 3.04. The van der Waals surface area contributed by atoms with Gasteiger partial charge in [0.2, 0.25) is 11.1 Å². The van der Waals surface area contributed by atoms with Crippen molar-refractivity contribution in [3.8, 4) is 11.3 Å². The number of esters is 1. The summed E-state index contributed by atoms with van der Waals surface area (Å²) in [6.07, 6.45) is 1.56. The molecule has 0 unspecified atom stereocenters. The van der Waals surface area contributed by atoms with E-state index in [1.165, 1.54) is 0 Å². The lowest BCUT2D eigenvalue weighted by Crippen LogP contribution is -2.20. The fourth-order valence-electron chi connectivity index (χ4n) is 2.06. The number of aromatic amines is 1. The Bertz CT molecular complexity index is 850. The van der Waals surface area contributed by atoms with Crippen LogP contribution in [0.1, 0.15) is 17.4 Å². The van der Waals surface area contributed by atoms with E-state index in [2.05, 4.69) is 10.2 Å². The highest BCUT2D eigenvalue weighted by Crippen LogP contribution is 2.22. The molecule has 0 saturated carbocycles. The van der Waals surface area contributed by atoms with E-state index in [0.717, 1.165) is 5.56 Å². The highest BCUT2D eigenvalue weighted by atomic mass is 16.5. The molecule has 1 N–H and O–H groups in total. The van der Waals surface area contributed by atoms with Gasteiger partial charge in [-0.2, -0.15) is 5.10 Å². The molecule has 6 nitrogen and oxygen atoms in total. The summed E-state index contributed by atoms with van der Waals surface area (Å²) in [5, 5.41) is 6.84. The molecule has 6 heteroatoms. The maximum Gasteiger partial charge on any atom is 0.362 e. The van der Waals surface area contributed by atoms with Crippen LogP contribution in [0.15, 0.2) is 45.8 Å². The van der Waals surface area contributed by atoms with Crippen LogP contribution in [0.5, 0.6) is 0 Å². The summed E-state index contributed by atoms with van der Waals surface area (Å²) in [5.74, 6) is -0.0881. The van der Waals surface area contributed by atoms with Crippen molar-refractivity contribution in [2.75, 3.05) is 6.61 Å². The lowest BCUT2D eigenvalue weighted by Gasteiger charge is -2.03. The monoisotopic (exact) mass is 284 g/mol. The molecule has 0 aliphatic carbocycles. The standard InChI is InChI=1S/C15H12N2O4/c1-2-20-15(19)13-14(18)10-8-9(12-4-3-7-21-12)5-6-11(10)16-17-13/h3-8H,2H2,1H3,(H,16,18). The second kappa shape index (κ2) is 5.24. The molecule has 0 aliphatic rings. The summed E-state index contributed by atoms with van der Waals surface area (Å²) in [7, 11) is 0. The second-order valence-corrected chi connectivity index (χ2v) is 4.36. The number of H-pyrrole nitrogens is 1. The number of hydrogen-bond donors (Lipinski definition) is 1. The Hall–Kier alpha value is -2.89. The Balaban J connectivity index is 2.17. The van der Waals surface area contributed by atoms with Crippen LogP contribution in [-0.2, 0) is 4.74 Å². The molecule has 21 heavy (non-hydrogen) atoms. The third-order valence-corrected chi connectivity index (χ3v) is 3.04. The van der Waals surface area contributed by atoms with Gasteiger partial charge >= 0.3 is 5.97 Å². The molecule has 0 atom stereocenters. The van der Waals surface area contributed by atoms with Gasteiger partial charge in [-0.15, -0.1) is 0 Å². The third kappa shape index (κ3) is 2.31. The molecule has 0 bridgehead atoms. The Morgan fingerprint density at radius 2 is 2.24 bits per heavy atom. The molecular formula is C15H12N2O4. The molecule has 3 aromatic rings. The second-order valence-electron chi connectivity index (χ2n) is 4.36. The number of rotatable bonds is 3. The number of nitrogens with zero attached hydrogens (tertiary/aromatic N) is 1. The van der Waals surface area contributed by atoms with Crippen molar-refractivity contribution in [1.29, 1.82) is 0 Å². The summed E-state index contributed by atoms with van der Waals surface area (Å²) in [4.78, 5) is 24.1. The average molecular weight is 284 g/mol. The lowest BCUT2D eigenvalue weighted by atomic mass is 10.1. The van der Waals surface area contributed by atoms with Crippen molar-refractivity contribution in [3.63, 3.8) is 0 Å². The topological polar surface area (TPSA) is 85.2 Å². The minimum absolute atomic E-state index is 0.185.